The number of anilines is 1. The second-order valence-electron chi connectivity index (χ2n) is 4.17. The molecule has 1 aromatic carbocycles. The van der Waals surface area contributed by atoms with Crippen molar-refractivity contribution in [3.8, 4) is 10.6 Å². The summed E-state index contributed by atoms with van der Waals surface area (Å²) in [6, 6.07) is 10.4. The lowest BCUT2D eigenvalue weighted by molar-refractivity contribution is -0.466. The van der Waals surface area contributed by atoms with E-state index in [1.165, 1.54) is 13.1 Å². The number of rotatable bonds is 1. The Morgan fingerprint density at radius 2 is 2.05 bits per heavy atom. The topological polar surface area (TPSA) is 38.9 Å². The van der Waals surface area contributed by atoms with Crippen LogP contribution in [0.3, 0.4) is 0 Å². The van der Waals surface area contributed by atoms with Crippen LogP contribution in [0.15, 0.2) is 30.3 Å². The molecule has 104 valence electrons. The molecular weight excluding hydrogens is 403 g/mol. The summed E-state index contributed by atoms with van der Waals surface area (Å²) in [5.74, 6) is 0. The molecule has 0 amide bonds. The number of hydrogen-bond acceptors (Lipinski definition) is 3. The highest BCUT2D eigenvalue weighted by Gasteiger charge is 2.14. The number of halogens is 2. The van der Waals surface area contributed by atoms with E-state index in [0.717, 1.165) is 22.3 Å². The maximum absolute atomic E-state index is 4.74. The molecule has 0 saturated carbocycles. The molecule has 1 aliphatic carbocycles. The van der Waals surface area contributed by atoms with Gasteiger partial charge in [0.25, 0.3) is 0 Å². The number of benzene rings is 2. The second-order valence-corrected chi connectivity index (χ2v) is 6.30. The minimum absolute atomic E-state index is 0. The lowest BCUT2D eigenvalue weighted by Gasteiger charge is -2.08. The molecule has 20 heavy (non-hydrogen) atoms. The third kappa shape index (κ3) is 2.62. The lowest BCUT2D eigenvalue weighted by Crippen LogP contribution is -3.00. The number of hydrogen-bond donors (Lipinski definition) is 2. The van der Waals surface area contributed by atoms with Crippen LogP contribution in [-0.2, 0) is 0 Å². The highest BCUT2D eigenvalue weighted by atomic mass is 125. The van der Waals surface area contributed by atoms with Crippen molar-refractivity contribution in [2.24, 2.45) is 0 Å². The summed E-state index contributed by atoms with van der Waals surface area (Å²) in [6.07, 6.45) is 0. The lowest BCUT2D eigenvalue weighted by atomic mass is 10.2. The van der Waals surface area contributed by atoms with Gasteiger partial charge in [0, 0.05) is 18.8 Å². The molecule has 0 saturated heterocycles. The first-order valence-electron chi connectivity index (χ1n) is 5.94. The molecule has 0 aromatic heterocycles. The molecule has 0 bridgehead atoms. The van der Waals surface area contributed by atoms with Crippen molar-refractivity contribution in [3.63, 3.8) is 0 Å². The minimum Gasteiger partial charge on any atom is -1.00 e. The van der Waals surface area contributed by atoms with E-state index in [1.807, 2.05) is 14.1 Å². The Labute approximate surface area is 141 Å². The molecule has 0 atom stereocenters. The van der Waals surface area contributed by atoms with Crippen molar-refractivity contribution in [1.29, 1.82) is 0 Å². The maximum Gasteiger partial charge on any atom is 0.213 e. The third-order valence-corrected chi connectivity index (χ3v) is 5.70. The van der Waals surface area contributed by atoms with Crippen molar-refractivity contribution in [1.82, 2.24) is 4.98 Å². The highest BCUT2D eigenvalue weighted by molar-refractivity contribution is 14.1. The third-order valence-electron chi connectivity index (χ3n) is 3.05. The molecule has 3 nitrogen and oxygen atoms in total. The summed E-state index contributed by atoms with van der Waals surface area (Å²) < 4.78 is 2.43. The average molecular weight is 416 g/mol. The molecule has 0 radical (unpaired) electrons. The zero-order chi connectivity index (χ0) is 13.4. The van der Waals surface area contributed by atoms with Gasteiger partial charge in [0.1, 0.15) is 10.6 Å². The van der Waals surface area contributed by atoms with Crippen LogP contribution in [0.1, 0.15) is 0 Å². The van der Waals surface area contributed by atoms with Crippen LogP contribution in [0.5, 0.6) is 0 Å². The van der Waals surface area contributed by atoms with Crippen LogP contribution < -0.4 is 28.1 Å². The molecule has 1 aliphatic heterocycles. The molecule has 0 fully saturated rings. The van der Waals surface area contributed by atoms with Gasteiger partial charge < -0.3 is 17.7 Å². The van der Waals surface area contributed by atoms with Crippen molar-refractivity contribution in [3.05, 3.63) is 39.3 Å². The van der Waals surface area contributed by atoms with Crippen LogP contribution in [0.25, 0.3) is 20.8 Å². The molecule has 3 rings (SSSR count). The minimum atomic E-state index is 0. The Bertz CT molecular complexity index is 800. The molecule has 0 spiro atoms. The zero-order valence-corrected chi connectivity index (χ0v) is 14.7. The zero-order valence-electron chi connectivity index (χ0n) is 11.0. The van der Waals surface area contributed by atoms with Gasteiger partial charge >= 0.3 is 0 Å². The average Bonchev–Trinajstić information content (AvgIpc) is 2.45. The number of fused-ring (bicyclic) bond motifs is 2. The number of nitrogens with zero attached hydrogens (tertiary/aromatic N) is 1. The summed E-state index contributed by atoms with van der Waals surface area (Å²) in [7, 11) is 3.88. The van der Waals surface area contributed by atoms with E-state index in [0.29, 0.717) is 0 Å². The predicted molar refractivity (Wildman–Crippen MR) is 88.5 cm³/mol. The molecule has 1 heterocycles. The summed E-state index contributed by atoms with van der Waals surface area (Å²) in [6.45, 7) is 0. The largest absolute Gasteiger partial charge is 1.00 e. The van der Waals surface area contributed by atoms with Crippen LogP contribution in [-0.4, -0.2) is 19.1 Å². The Morgan fingerprint density at radius 1 is 1.25 bits per heavy atom. The summed E-state index contributed by atoms with van der Waals surface area (Å²) in [5.41, 5.74) is 3.22. The monoisotopic (exact) mass is 415 g/mol. The van der Waals surface area contributed by atoms with E-state index >= 15 is 0 Å². The van der Waals surface area contributed by atoms with Gasteiger partial charge in [-0.1, -0.05) is 0 Å². The smallest absolute Gasteiger partial charge is 0.213 e. The second kappa shape index (κ2) is 6.24. The quantitative estimate of drug-likeness (QED) is 0.382. The number of aromatic nitrogens is 1. The molecule has 6 heteroatoms. The van der Waals surface area contributed by atoms with Crippen molar-refractivity contribution in [2.75, 3.05) is 19.4 Å². The Balaban J connectivity index is 0.00000147. The van der Waals surface area contributed by atoms with Gasteiger partial charge in [-0.25, -0.2) is 9.98 Å². The van der Waals surface area contributed by atoms with Gasteiger partial charge in [0.05, 0.1) is 20.8 Å². The van der Waals surface area contributed by atoms with Gasteiger partial charge in [-0.2, -0.15) is 0 Å². The normalized spacial score (nSPS) is 11.7. The van der Waals surface area contributed by atoms with Crippen LogP contribution >= 0.6 is 33.9 Å². The fourth-order valence-electron chi connectivity index (χ4n) is 2.01. The highest BCUT2D eigenvalue weighted by Crippen LogP contribution is 2.33. The summed E-state index contributed by atoms with van der Waals surface area (Å²) in [4.78, 5) is 9.19. The Kier molecular flexibility index (Phi) is 4.82. The first-order valence-corrected chi connectivity index (χ1v) is 7.84. The Morgan fingerprint density at radius 3 is 2.75 bits per heavy atom. The number of nitrogens with one attached hydrogen (secondary N) is 2. The molecule has 0 unspecified atom stereocenters. The molecular formula is C14H13ClIN3S. The van der Waals surface area contributed by atoms with Gasteiger partial charge in [-0.15, -0.1) is 11.3 Å². The predicted octanol–water partition coefficient (Wildman–Crippen LogP) is -1.34. The standard InChI is InChI=1S/C14H12IN3S.ClH/c1-16-8-3-4-9-12(7-8)19-14-11(18-9)6-5-10(17-2)13(14)15;/h3-7,16H,1-2H3;1H/i15-2;. The van der Waals surface area contributed by atoms with Gasteiger partial charge in [0.2, 0.25) is 5.36 Å². The fourth-order valence-corrected chi connectivity index (χ4v) is 4.11. The van der Waals surface area contributed by atoms with Crippen molar-refractivity contribution < 1.29 is 17.4 Å². The van der Waals surface area contributed by atoms with E-state index in [9.17, 15) is 0 Å². The van der Waals surface area contributed by atoms with E-state index in [2.05, 4.69) is 63.2 Å². The van der Waals surface area contributed by atoms with Gasteiger partial charge in [-0.05, 0) is 46.9 Å². The fraction of sp³-hybridized carbons (Fsp3) is 0.143. The first-order chi connectivity index (χ1) is 9.22. The van der Waals surface area contributed by atoms with E-state index in [-0.39, 0.29) is 12.4 Å². The SMILES string of the molecule is CNc1ccc2nc3ccc(=[NH+]C)c([125I])c-3sc2c1.[Cl-]. The molecule has 1 aromatic rings. The first kappa shape index (κ1) is 15.5. The van der Waals surface area contributed by atoms with E-state index < -0.39 is 0 Å². The van der Waals surface area contributed by atoms with Gasteiger partial charge in [-0.3, -0.25) is 0 Å². The maximum atomic E-state index is 4.74. The van der Waals surface area contributed by atoms with Crippen LogP contribution in [0, 0.1) is 3.57 Å². The summed E-state index contributed by atoms with van der Waals surface area (Å²) >= 11 is 4.17. The van der Waals surface area contributed by atoms with E-state index in [4.69, 9.17) is 4.98 Å². The van der Waals surface area contributed by atoms with Crippen molar-refractivity contribution >= 4 is 49.8 Å². The van der Waals surface area contributed by atoms with Crippen LogP contribution in [0.2, 0.25) is 0 Å². The van der Waals surface area contributed by atoms with Crippen molar-refractivity contribution in [2.45, 2.75) is 0 Å². The molecule has 2 aliphatic rings. The van der Waals surface area contributed by atoms with E-state index in [1.54, 1.807) is 11.3 Å². The van der Waals surface area contributed by atoms with Crippen LogP contribution in [0.4, 0.5) is 5.69 Å². The summed E-state index contributed by atoms with van der Waals surface area (Å²) in [5, 5.41) is 4.32. The molecule has 2 N–H and O–H groups in total. The Hall–Kier alpha value is -0.920. The van der Waals surface area contributed by atoms with Gasteiger partial charge in [0.15, 0.2) is 0 Å².